The second kappa shape index (κ2) is 6.03. The summed E-state index contributed by atoms with van der Waals surface area (Å²) in [5.74, 6) is 1.11. The summed E-state index contributed by atoms with van der Waals surface area (Å²) < 4.78 is 6.31. The van der Waals surface area contributed by atoms with Gasteiger partial charge in [-0.05, 0) is 38.6 Å². The second-order valence-corrected chi connectivity index (χ2v) is 6.45. The highest BCUT2D eigenvalue weighted by molar-refractivity contribution is 9.10. The van der Waals surface area contributed by atoms with E-state index in [1.54, 1.807) is 0 Å². The van der Waals surface area contributed by atoms with Crippen LogP contribution in [0.5, 0.6) is 0 Å². The minimum absolute atomic E-state index is 0.532. The molecule has 0 unspecified atom stereocenters. The maximum absolute atomic E-state index is 5.94. The zero-order chi connectivity index (χ0) is 14.8. The van der Waals surface area contributed by atoms with Crippen molar-refractivity contribution in [3.8, 4) is 0 Å². The standard InChI is InChI=1S/C14H19BrN4O/c1-14(2,16)13-17-12(20-18-13)9-19(3)8-10-4-6-11(15)7-5-10/h4-7H,8-9,16H2,1-3H3. The highest BCUT2D eigenvalue weighted by atomic mass is 79.9. The fraction of sp³-hybridized carbons (Fsp3) is 0.429. The smallest absolute Gasteiger partial charge is 0.240 e. The normalized spacial score (nSPS) is 12.1. The molecule has 0 aliphatic heterocycles. The summed E-state index contributed by atoms with van der Waals surface area (Å²) in [5, 5.41) is 3.92. The van der Waals surface area contributed by atoms with E-state index < -0.39 is 5.54 Å². The van der Waals surface area contributed by atoms with Crippen LogP contribution in [0.4, 0.5) is 0 Å². The summed E-state index contributed by atoms with van der Waals surface area (Å²) in [6.07, 6.45) is 0. The van der Waals surface area contributed by atoms with Gasteiger partial charge in [-0.15, -0.1) is 0 Å². The monoisotopic (exact) mass is 338 g/mol. The van der Waals surface area contributed by atoms with Crippen LogP contribution in [0, 0.1) is 0 Å². The van der Waals surface area contributed by atoms with Gasteiger partial charge in [-0.25, -0.2) is 0 Å². The maximum atomic E-state index is 5.94. The molecule has 0 fully saturated rings. The number of hydrogen-bond acceptors (Lipinski definition) is 5. The largest absolute Gasteiger partial charge is 0.338 e. The van der Waals surface area contributed by atoms with E-state index in [9.17, 15) is 0 Å². The van der Waals surface area contributed by atoms with Crippen molar-refractivity contribution in [2.75, 3.05) is 7.05 Å². The fourth-order valence-electron chi connectivity index (χ4n) is 1.77. The van der Waals surface area contributed by atoms with Crippen LogP contribution in [0.1, 0.15) is 31.1 Å². The molecule has 0 spiro atoms. The summed E-state index contributed by atoms with van der Waals surface area (Å²) in [6, 6.07) is 8.24. The van der Waals surface area contributed by atoms with Gasteiger partial charge in [0.05, 0.1) is 12.1 Å². The molecule has 20 heavy (non-hydrogen) atoms. The van der Waals surface area contributed by atoms with Crippen molar-refractivity contribution in [2.45, 2.75) is 32.5 Å². The predicted molar refractivity (Wildman–Crippen MR) is 80.8 cm³/mol. The first-order chi connectivity index (χ1) is 9.34. The van der Waals surface area contributed by atoms with Gasteiger partial charge in [0.15, 0.2) is 5.82 Å². The van der Waals surface area contributed by atoms with Crippen molar-refractivity contribution in [3.05, 3.63) is 46.0 Å². The van der Waals surface area contributed by atoms with Crippen molar-refractivity contribution in [1.82, 2.24) is 15.0 Å². The van der Waals surface area contributed by atoms with Crippen molar-refractivity contribution in [3.63, 3.8) is 0 Å². The molecular weight excluding hydrogens is 320 g/mol. The number of nitrogens with zero attached hydrogens (tertiary/aromatic N) is 3. The Morgan fingerprint density at radius 1 is 1.25 bits per heavy atom. The Kier molecular flexibility index (Phi) is 4.57. The molecule has 2 aromatic rings. The third-order valence-electron chi connectivity index (χ3n) is 2.82. The van der Waals surface area contributed by atoms with Crippen LogP contribution in [-0.2, 0) is 18.6 Å². The topological polar surface area (TPSA) is 68.2 Å². The van der Waals surface area contributed by atoms with Gasteiger partial charge < -0.3 is 10.3 Å². The number of aromatic nitrogens is 2. The van der Waals surface area contributed by atoms with E-state index in [2.05, 4.69) is 43.1 Å². The first-order valence-electron chi connectivity index (χ1n) is 6.39. The summed E-state index contributed by atoms with van der Waals surface area (Å²) in [4.78, 5) is 6.44. The molecule has 1 aromatic heterocycles. The second-order valence-electron chi connectivity index (χ2n) is 5.53. The Bertz CT molecular complexity index is 559. The van der Waals surface area contributed by atoms with Gasteiger partial charge in [-0.1, -0.05) is 33.2 Å². The van der Waals surface area contributed by atoms with E-state index in [1.165, 1.54) is 5.56 Å². The van der Waals surface area contributed by atoms with Crippen LogP contribution in [0.15, 0.2) is 33.3 Å². The van der Waals surface area contributed by atoms with E-state index in [0.29, 0.717) is 18.3 Å². The van der Waals surface area contributed by atoms with Gasteiger partial charge in [-0.3, -0.25) is 4.90 Å². The predicted octanol–water partition coefficient (Wildman–Crippen LogP) is 2.66. The van der Waals surface area contributed by atoms with Gasteiger partial charge in [0, 0.05) is 11.0 Å². The van der Waals surface area contributed by atoms with Gasteiger partial charge in [0.25, 0.3) is 0 Å². The molecule has 0 aliphatic carbocycles. The lowest BCUT2D eigenvalue weighted by molar-refractivity contribution is 0.259. The maximum Gasteiger partial charge on any atom is 0.240 e. The average molecular weight is 339 g/mol. The molecule has 0 amide bonds. The van der Waals surface area contributed by atoms with Crippen LogP contribution in [0.3, 0.4) is 0 Å². The molecule has 0 saturated carbocycles. The van der Waals surface area contributed by atoms with Crippen molar-refractivity contribution >= 4 is 15.9 Å². The summed E-state index contributed by atoms with van der Waals surface area (Å²) in [7, 11) is 2.01. The molecule has 0 radical (unpaired) electrons. The molecule has 2 N–H and O–H groups in total. The Morgan fingerprint density at radius 2 is 1.90 bits per heavy atom. The SMILES string of the molecule is CN(Cc1ccc(Br)cc1)Cc1nc(C(C)(C)N)no1. The average Bonchev–Trinajstić information content (AvgIpc) is 2.80. The van der Waals surface area contributed by atoms with Gasteiger partial charge in [-0.2, -0.15) is 4.98 Å². The highest BCUT2D eigenvalue weighted by Gasteiger charge is 2.21. The summed E-state index contributed by atoms with van der Waals surface area (Å²) in [6.45, 7) is 5.12. The highest BCUT2D eigenvalue weighted by Crippen LogP contribution is 2.15. The first kappa shape index (κ1) is 15.2. The van der Waals surface area contributed by atoms with Crippen LogP contribution in [0.2, 0.25) is 0 Å². The van der Waals surface area contributed by atoms with E-state index in [4.69, 9.17) is 10.3 Å². The molecule has 0 bridgehead atoms. The van der Waals surface area contributed by atoms with Crippen molar-refractivity contribution in [2.24, 2.45) is 5.73 Å². The Morgan fingerprint density at radius 3 is 2.45 bits per heavy atom. The Labute approximate surface area is 127 Å². The van der Waals surface area contributed by atoms with Gasteiger partial charge >= 0.3 is 0 Å². The van der Waals surface area contributed by atoms with Gasteiger partial charge in [0.2, 0.25) is 5.89 Å². The molecule has 5 nitrogen and oxygen atoms in total. The molecule has 0 aliphatic rings. The Balaban J connectivity index is 1.96. The van der Waals surface area contributed by atoms with E-state index in [-0.39, 0.29) is 0 Å². The van der Waals surface area contributed by atoms with Crippen LogP contribution in [0.25, 0.3) is 0 Å². The molecule has 1 aromatic carbocycles. The summed E-state index contributed by atoms with van der Waals surface area (Å²) >= 11 is 3.43. The lowest BCUT2D eigenvalue weighted by Gasteiger charge is -2.14. The number of nitrogens with two attached hydrogens (primary N) is 1. The van der Waals surface area contributed by atoms with Crippen LogP contribution < -0.4 is 5.73 Å². The van der Waals surface area contributed by atoms with E-state index in [1.807, 2.05) is 33.0 Å². The minimum Gasteiger partial charge on any atom is -0.338 e. The van der Waals surface area contributed by atoms with Crippen LogP contribution in [-0.4, -0.2) is 22.1 Å². The zero-order valence-corrected chi connectivity index (χ0v) is 13.5. The molecule has 2 rings (SSSR count). The lowest BCUT2D eigenvalue weighted by atomic mass is 10.1. The van der Waals surface area contributed by atoms with Crippen molar-refractivity contribution < 1.29 is 4.52 Å². The molecule has 108 valence electrons. The lowest BCUT2D eigenvalue weighted by Crippen LogP contribution is -2.30. The molecule has 6 heteroatoms. The first-order valence-corrected chi connectivity index (χ1v) is 7.19. The number of rotatable bonds is 5. The van der Waals surface area contributed by atoms with Crippen molar-refractivity contribution in [1.29, 1.82) is 0 Å². The summed E-state index contributed by atoms with van der Waals surface area (Å²) in [5.41, 5.74) is 6.59. The molecule has 1 heterocycles. The number of benzene rings is 1. The quantitative estimate of drug-likeness (QED) is 0.907. The molecule has 0 saturated heterocycles. The van der Waals surface area contributed by atoms with E-state index in [0.717, 1.165) is 11.0 Å². The fourth-order valence-corrected chi connectivity index (χ4v) is 2.03. The Hall–Kier alpha value is -1.24. The van der Waals surface area contributed by atoms with Gasteiger partial charge in [0.1, 0.15) is 0 Å². The zero-order valence-electron chi connectivity index (χ0n) is 11.9. The number of hydrogen-bond donors (Lipinski definition) is 1. The third-order valence-corrected chi connectivity index (χ3v) is 3.34. The third kappa shape index (κ3) is 4.13. The van der Waals surface area contributed by atoms with Crippen LogP contribution >= 0.6 is 15.9 Å². The number of halogens is 1. The minimum atomic E-state index is -0.577. The molecule has 0 atom stereocenters. The molecular formula is C14H19BrN4O. The van der Waals surface area contributed by atoms with E-state index >= 15 is 0 Å².